The molecule has 1 fully saturated rings. The minimum atomic E-state index is -0.419. The summed E-state index contributed by atoms with van der Waals surface area (Å²) in [4.78, 5) is 19.8. The van der Waals surface area contributed by atoms with Gasteiger partial charge in [-0.25, -0.2) is 9.78 Å². The molecule has 1 aliphatic carbocycles. The Balaban J connectivity index is 2.16. The van der Waals surface area contributed by atoms with Crippen molar-refractivity contribution in [3.05, 3.63) is 17.0 Å². The zero-order chi connectivity index (χ0) is 13.7. The molecule has 2 rings (SSSR count). The van der Waals surface area contributed by atoms with Crippen molar-refractivity contribution in [2.75, 3.05) is 11.9 Å². The highest BCUT2D eigenvalue weighted by Gasteiger charge is 2.20. The fraction of sp³-hybridized carbons (Fsp3) is 0.615. The molecule has 104 valence electrons. The lowest BCUT2D eigenvalue weighted by Gasteiger charge is -2.24. The number of carbonyl (C=O) groups is 1. The summed E-state index contributed by atoms with van der Waals surface area (Å²) in [6, 6.07) is 0.341. The van der Waals surface area contributed by atoms with E-state index in [2.05, 4.69) is 15.3 Å². The number of hydrogen-bond acceptors (Lipinski definition) is 5. The van der Waals surface area contributed by atoms with Crippen LogP contribution in [0.4, 0.5) is 5.82 Å². The van der Waals surface area contributed by atoms with Crippen LogP contribution in [0, 0.1) is 0 Å². The molecular formula is C13H18ClN3O2. The highest BCUT2D eigenvalue weighted by atomic mass is 35.5. The zero-order valence-electron chi connectivity index (χ0n) is 11.0. The fourth-order valence-electron chi connectivity index (χ4n) is 2.27. The van der Waals surface area contributed by atoms with Crippen LogP contribution in [0.2, 0.25) is 5.28 Å². The van der Waals surface area contributed by atoms with Gasteiger partial charge in [0, 0.05) is 12.2 Å². The van der Waals surface area contributed by atoms with Gasteiger partial charge in [0.15, 0.2) is 0 Å². The van der Waals surface area contributed by atoms with E-state index in [9.17, 15) is 4.79 Å². The maximum atomic E-state index is 11.8. The Morgan fingerprint density at radius 1 is 1.47 bits per heavy atom. The van der Waals surface area contributed by atoms with Crippen LogP contribution in [0.25, 0.3) is 0 Å². The molecule has 1 saturated carbocycles. The van der Waals surface area contributed by atoms with Crippen molar-refractivity contribution in [2.45, 2.75) is 45.1 Å². The van der Waals surface area contributed by atoms with Gasteiger partial charge in [0.25, 0.3) is 0 Å². The van der Waals surface area contributed by atoms with Gasteiger partial charge in [-0.1, -0.05) is 19.3 Å². The summed E-state index contributed by atoms with van der Waals surface area (Å²) in [5.41, 5.74) is 0.344. The van der Waals surface area contributed by atoms with Crippen LogP contribution in [0.1, 0.15) is 49.4 Å². The van der Waals surface area contributed by atoms with Gasteiger partial charge >= 0.3 is 5.97 Å². The first-order valence-corrected chi connectivity index (χ1v) is 7.04. The number of esters is 1. The van der Waals surface area contributed by atoms with E-state index in [0.717, 1.165) is 12.8 Å². The molecule has 0 aromatic carbocycles. The normalized spacial score (nSPS) is 16.1. The molecule has 0 aliphatic heterocycles. The van der Waals surface area contributed by atoms with Crippen LogP contribution in [-0.4, -0.2) is 28.6 Å². The Bertz CT molecular complexity index is 448. The van der Waals surface area contributed by atoms with E-state index in [1.54, 1.807) is 6.92 Å². The van der Waals surface area contributed by atoms with Crippen LogP contribution in [0.15, 0.2) is 6.20 Å². The molecule has 0 bridgehead atoms. The first-order valence-electron chi connectivity index (χ1n) is 6.67. The van der Waals surface area contributed by atoms with Crippen LogP contribution in [0.5, 0.6) is 0 Å². The fourth-order valence-corrected chi connectivity index (χ4v) is 2.40. The highest BCUT2D eigenvalue weighted by Crippen LogP contribution is 2.23. The van der Waals surface area contributed by atoms with Gasteiger partial charge in [-0.3, -0.25) is 0 Å². The maximum Gasteiger partial charge on any atom is 0.343 e. The van der Waals surface area contributed by atoms with Crippen LogP contribution >= 0.6 is 11.6 Å². The topological polar surface area (TPSA) is 64.1 Å². The van der Waals surface area contributed by atoms with Crippen molar-refractivity contribution in [3.63, 3.8) is 0 Å². The monoisotopic (exact) mass is 283 g/mol. The summed E-state index contributed by atoms with van der Waals surface area (Å²) in [5, 5.41) is 3.42. The third-order valence-electron chi connectivity index (χ3n) is 3.20. The molecular weight excluding hydrogens is 266 g/mol. The molecule has 5 nitrogen and oxygen atoms in total. The van der Waals surface area contributed by atoms with Crippen molar-refractivity contribution in [3.8, 4) is 0 Å². The van der Waals surface area contributed by atoms with Gasteiger partial charge in [-0.05, 0) is 31.4 Å². The molecule has 6 heteroatoms. The Morgan fingerprint density at radius 3 is 2.89 bits per heavy atom. The lowest BCUT2D eigenvalue weighted by Crippen LogP contribution is -2.24. The van der Waals surface area contributed by atoms with Crippen molar-refractivity contribution in [1.82, 2.24) is 9.97 Å². The summed E-state index contributed by atoms with van der Waals surface area (Å²) in [7, 11) is 0. The van der Waals surface area contributed by atoms with E-state index in [1.807, 2.05) is 0 Å². The molecule has 0 radical (unpaired) electrons. The van der Waals surface area contributed by atoms with Gasteiger partial charge in [0.05, 0.1) is 6.61 Å². The number of nitrogens with one attached hydrogen (secondary N) is 1. The summed E-state index contributed by atoms with van der Waals surface area (Å²) in [5.74, 6) is 0.0582. The first kappa shape index (κ1) is 14.1. The first-order chi connectivity index (χ1) is 9.20. The lowest BCUT2D eigenvalue weighted by molar-refractivity contribution is 0.0526. The number of nitrogens with zero attached hydrogens (tertiary/aromatic N) is 2. The average molecular weight is 284 g/mol. The molecule has 1 N–H and O–H groups in total. The Labute approximate surface area is 117 Å². The summed E-state index contributed by atoms with van der Waals surface area (Å²) >= 11 is 5.80. The molecule has 0 amide bonds. The Morgan fingerprint density at radius 2 is 2.21 bits per heavy atom. The predicted molar refractivity (Wildman–Crippen MR) is 73.5 cm³/mol. The van der Waals surface area contributed by atoms with E-state index in [4.69, 9.17) is 16.3 Å². The molecule has 1 aliphatic rings. The molecule has 0 unspecified atom stereocenters. The van der Waals surface area contributed by atoms with Crippen molar-refractivity contribution in [2.24, 2.45) is 0 Å². The van der Waals surface area contributed by atoms with Gasteiger partial charge in [0.2, 0.25) is 5.28 Å². The van der Waals surface area contributed by atoms with Crippen LogP contribution in [0.3, 0.4) is 0 Å². The van der Waals surface area contributed by atoms with Crippen molar-refractivity contribution < 1.29 is 9.53 Å². The second kappa shape index (κ2) is 6.70. The maximum absolute atomic E-state index is 11.8. The average Bonchev–Trinajstić information content (AvgIpc) is 2.40. The summed E-state index contributed by atoms with van der Waals surface area (Å²) in [6.45, 7) is 2.09. The minimum Gasteiger partial charge on any atom is -0.462 e. The van der Waals surface area contributed by atoms with Gasteiger partial charge in [0.1, 0.15) is 11.4 Å². The number of halogens is 1. The number of hydrogen-bond donors (Lipinski definition) is 1. The second-order valence-corrected chi connectivity index (χ2v) is 4.94. The minimum absolute atomic E-state index is 0.131. The smallest absolute Gasteiger partial charge is 0.343 e. The Hall–Kier alpha value is -1.36. The largest absolute Gasteiger partial charge is 0.462 e. The number of ether oxygens (including phenoxy) is 1. The highest BCUT2D eigenvalue weighted by molar-refractivity contribution is 6.28. The SMILES string of the molecule is CCOC(=O)c1cnc(Cl)nc1NC1CCCCC1. The van der Waals surface area contributed by atoms with Gasteiger partial charge in [-0.15, -0.1) is 0 Å². The van der Waals surface area contributed by atoms with Gasteiger partial charge < -0.3 is 10.1 Å². The lowest BCUT2D eigenvalue weighted by atomic mass is 9.95. The number of carbonyl (C=O) groups excluding carboxylic acids is 1. The molecule has 0 saturated heterocycles. The molecule has 0 spiro atoms. The number of aromatic nitrogens is 2. The van der Waals surface area contributed by atoms with E-state index in [0.29, 0.717) is 24.0 Å². The number of anilines is 1. The molecule has 19 heavy (non-hydrogen) atoms. The summed E-state index contributed by atoms with van der Waals surface area (Å²) < 4.78 is 5.00. The standard InChI is InChI=1S/C13H18ClN3O2/c1-2-19-12(18)10-8-15-13(14)17-11(10)16-9-6-4-3-5-7-9/h8-9H,2-7H2,1H3,(H,15,16,17). The predicted octanol–water partition coefficient (Wildman–Crippen LogP) is 3.05. The van der Waals surface area contributed by atoms with Crippen molar-refractivity contribution >= 4 is 23.4 Å². The second-order valence-electron chi connectivity index (χ2n) is 4.60. The van der Waals surface area contributed by atoms with E-state index >= 15 is 0 Å². The van der Waals surface area contributed by atoms with Gasteiger partial charge in [-0.2, -0.15) is 4.98 Å². The van der Waals surface area contributed by atoms with Crippen molar-refractivity contribution in [1.29, 1.82) is 0 Å². The molecule has 1 aromatic rings. The molecule has 0 atom stereocenters. The van der Waals surface area contributed by atoms with E-state index in [1.165, 1.54) is 25.5 Å². The summed E-state index contributed by atoms with van der Waals surface area (Å²) in [6.07, 6.45) is 7.26. The quantitative estimate of drug-likeness (QED) is 0.680. The van der Waals surface area contributed by atoms with E-state index < -0.39 is 5.97 Å². The van der Waals surface area contributed by atoms with E-state index in [-0.39, 0.29) is 5.28 Å². The third-order valence-corrected chi connectivity index (χ3v) is 3.38. The third kappa shape index (κ3) is 3.80. The van der Waals surface area contributed by atoms with Crippen LogP contribution < -0.4 is 5.32 Å². The number of rotatable bonds is 4. The zero-order valence-corrected chi connectivity index (χ0v) is 11.7. The van der Waals surface area contributed by atoms with Crippen LogP contribution in [-0.2, 0) is 4.74 Å². The molecule has 1 heterocycles. The Kier molecular flexibility index (Phi) is 4.96. The molecule has 1 aromatic heterocycles.